The van der Waals surface area contributed by atoms with Crippen LogP contribution < -0.4 is 11.1 Å². The van der Waals surface area contributed by atoms with Gasteiger partial charge in [0.2, 0.25) is 5.91 Å². The van der Waals surface area contributed by atoms with Crippen molar-refractivity contribution in [1.82, 2.24) is 5.32 Å². The number of rotatable bonds is 5. The molecular formula is C8H16N2O2S. The Balaban J connectivity index is 4.09. The number of carbonyl (C=O) groups is 1. The third-order valence-corrected chi connectivity index (χ3v) is 2.08. The van der Waals surface area contributed by atoms with Crippen molar-refractivity contribution in [3.63, 3.8) is 0 Å². The molecule has 0 aromatic heterocycles. The summed E-state index contributed by atoms with van der Waals surface area (Å²) in [6, 6.07) is -0.236. The van der Waals surface area contributed by atoms with Crippen LogP contribution in [0.2, 0.25) is 0 Å². The average Bonchev–Trinajstić information content (AvgIpc) is 2.11. The molecule has 0 radical (unpaired) electrons. The maximum atomic E-state index is 11.3. The number of nitrogens with one attached hydrogen (secondary N) is 1. The van der Waals surface area contributed by atoms with Gasteiger partial charge in [-0.05, 0) is 13.3 Å². The van der Waals surface area contributed by atoms with Crippen LogP contribution in [-0.2, 0) is 9.53 Å². The molecule has 0 aromatic carbocycles. The maximum absolute atomic E-state index is 11.3. The van der Waals surface area contributed by atoms with Gasteiger partial charge in [0, 0.05) is 7.11 Å². The third kappa shape index (κ3) is 4.19. The van der Waals surface area contributed by atoms with Gasteiger partial charge in [-0.2, -0.15) is 0 Å². The molecule has 0 bridgehead atoms. The fourth-order valence-corrected chi connectivity index (χ4v) is 0.996. The van der Waals surface area contributed by atoms with Crippen LogP contribution >= 0.6 is 12.2 Å². The van der Waals surface area contributed by atoms with Gasteiger partial charge in [0.25, 0.3) is 0 Å². The van der Waals surface area contributed by atoms with Crippen LogP contribution in [0.3, 0.4) is 0 Å². The van der Waals surface area contributed by atoms with Crippen molar-refractivity contribution >= 4 is 23.1 Å². The molecule has 13 heavy (non-hydrogen) atoms. The van der Waals surface area contributed by atoms with Crippen LogP contribution in [0.4, 0.5) is 0 Å². The van der Waals surface area contributed by atoms with Gasteiger partial charge in [0.15, 0.2) is 0 Å². The predicted molar refractivity (Wildman–Crippen MR) is 55.5 cm³/mol. The van der Waals surface area contributed by atoms with E-state index >= 15 is 0 Å². The first-order valence-corrected chi connectivity index (χ1v) is 4.56. The molecule has 5 heteroatoms. The largest absolute Gasteiger partial charge is 0.392 e. The fraction of sp³-hybridized carbons (Fsp3) is 0.750. The number of hydrogen-bond donors (Lipinski definition) is 2. The van der Waals surface area contributed by atoms with E-state index in [1.165, 1.54) is 7.11 Å². The first kappa shape index (κ1) is 12.3. The number of hydrogen-bond acceptors (Lipinski definition) is 3. The highest BCUT2D eigenvalue weighted by Crippen LogP contribution is 1.94. The monoisotopic (exact) mass is 204 g/mol. The number of amides is 1. The minimum atomic E-state index is -0.469. The molecule has 0 saturated carbocycles. The van der Waals surface area contributed by atoms with Crippen LogP contribution in [0, 0.1) is 0 Å². The Kier molecular flexibility index (Phi) is 5.57. The minimum Gasteiger partial charge on any atom is -0.392 e. The van der Waals surface area contributed by atoms with Crippen LogP contribution in [0.1, 0.15) is 20.3 Å². The van der Waals surface area contributed by atoms with Crippen LogP contribution in [0.5, 0.6) is 0 Å². The normalized spacial score (nSPS) is 14.7. The van der Waals surface area contributed by atoms with E-state index in [-0.39, 0.29) is 11.9 Å². The zero-order valence-electron chi connectivity index (χ0n) is 8.16. The summed E-state index contributed by atoms with van der Waals surface area (Å²) >= 11 is 4.78. The lowest BCUT2D eigenvalue weighted by Gasteiger charge is -2.17. The summed E-state index contributed by atoms with van der Waals surface area (Å²) in [6.45, 7) is 3.57. The van der Waals surface area contributed by atoms with Gasteiger partial charge in [0.05, 0.1) is 11.0 Å². The maximum Gasteiger partial charge on any atom is 0.249 e. The molecule has 0 aliphatic heterocycles. The summed E-state index contributed by atoms with van der Waals surface area (Å²) in [6.07, 6.45) is 0.223. The highest BCUT2D eigenvalue weighted by molar-refractivity contribution is 7.80. The summed E-state index contributed by atoms with van der Waals surface area (Å²) < 4.78 is 4.84. The van der Waals surface area contributed by atoms with Crippen molar-refractivity contribution in [3.05, 3.63) is 0 Å². The van der Waals surface area contributed by atoms with E-state index in [0.717, 1.165) is 0 Å². The summed E-state index contributed by atoms with van der Waals surface area (Å²) in [7, 11) is 1.48. The van der Waals surface area contributed by atoms with E-state index in [1.807, 2.05) is 6.92 Å². The first-order chi connectivity index (χ1) is 6.02. The molecule has 0 heterocycles. The van der Waals surface area contributed by atoms with Crippen LogP contribution in [-0.4, -0.2) is 30.2 Å². The van der Waals surface area contributed by atoms with Crippen molar-refractivity contribution in [2.75, 3.05) is 7.11 Å². The van der Waals surface area contributed by atoms with Gasteiger partial charge in [-0.1, -0.05) is 19.1 Å². The van der Waals surface area contributed by atoms with E-state index in [4.69, 9.17) is 22.7 Å². The lowest BCUT2D eigenvalue weighted by molar-refractivity contribution is -0.130. The molecule has 0 fully saturated rings. The zero-order valence-corrected chi connectivity index (χ0v) is 8.98. The Bertz CT molecular complexity index is 197. The Morgan fingerprint density at radius 1 is 1.69 bits per heavy atom. The Morgan fingerprint density at radius 2 is 2.23 bits per heavy atom. The third-order valence-electron chi connectivity index (χ3n) is 1.79. The van der Waals surface area contributed by atoms with E-state index < -0.39 is 6.10 Å². The second-order valence-corrected chi connectivity index (χ2v) is 3.22. The number of nitrogens with two attached hydrogens (primary N) is 1. The van der Waals surface area contributed by atoms with E-state index in [2.05, 4.69) is 5.32 Å². The molecule has 2 unspecified atom stereocenters. The molecule has 0 aliphatic rings. The van der Waals surface area contributed by atoms with Crippen LogP contribution in [0.25, 0.3) is 0 Å². The minimum absolute atomic E-state index is 0.192. The molecule has 0 saturated heterocycles. The van der Waals surface area contributed by atoms with Gasteiger partial charge < -0.3 is 15.8 Å². The Labute approximate surface area is 83.8 Å². The molecule has 2 atom stereocenters. The zero-order chi connectivity index (χ0) is 10.4. The molecule has 0 aliphatic carbocycles. The topological polar surface area (TPSA) is 64.3 Å². The summed E-state index contributed by atoms with van der Waals surface area (Å²) in [5.74, 6) is -0.192. The Hall–Kier alpha value is -0.680. The van der Waals surface area contributed by atoms with Crippen molar-refractivity contribution in [1.29, 1.82) is 0 Å². The number of carbonyl (C=O) groups excluding carboxylic acids is 1. The standard InChI is InChI=1S/C8H16N2O2S/c1-4-6(7(9)13)10-8(11)5(2)12-3/h5-6H,4H2,1-3H3,(H2,9,13)(H,10,11). The molecule has 0 aromatic rings. The number of thiocarbonyl (C=S) groups is 1. The number of methoxy groups -OCH3 is 1. The molecule has 3 N–H and O–H groups in total. The summed E-state index contributed by atoms with van der Waals surface area (Å²) in [4.78, 5) is 11.6. The van der Waals surface area contributed by atoms with Crippen molar-refractivity contribution in [2.24, 2.45) is 5.73 Å². The van der Waals surface area contributed by atoms with Crippen molar-refractivity contribution in [2.45, 2.75) is 32.4 Å². The van der Waals surface area contributed by atoms with Crippen molar-refractivity contribution in [3.8, 4) is 0 Å². The molecule has 76 valence electrons. The SMILES string of the molecule is CCC(NC(=O)C(C)OC)C(N)=S. The summed E-state index contributed by atoms with van der Waals surface area (Å²) in [5, 5.41) is 2.69. The highest BCUT2D eigenvalue weighted by Gasteiger charge is 2.17. The lowest BCUT2D eigenvalue weighted by Crippen LogP contribution is -2.46. The first-order valence-electron chi connectivity index (χ1n) is 4.15. The van der Waals surface area contributed by atoms with E-state index in [1.54, 1.807) is 6.92 Å². The molecule has 4 nitrogen and oxygen atoms in total. The predicted octanol–water partition coefficient (Wildman–Crippen LogP) is 0.202. The Morgan fingerprint density at radius 3 is 2.54 bits per heavy atom. The quantitative estimate of drug-likeness (QED) is 0.628. The van der Waals surface area contributed by atoms with Crippen molar-refractivity contribution < 1.29 is 9.53 Å². The van der Waals surface area contributed by atoms with E-state index in [9.17, 15) is 4.79 Å². The number of ether oxygens (including phenoxy) is 1. The highest BCUT2D eigenvalue weighted by atomic mass is 32.1. The molecule has 0 rings (SSSR count). The fourth-order valence-electron chi connectivity index (χ4n) is 0.770. The smallest absolute Gasteiger partial charge is 0.249 e. The second kappa shape index (κ2) is 5.88. The average molecular weight is 204 g/mol. The molecule has 0 spiro atoms. The second-order valence-electron chi connectivity index (χ2n) is 2.75. The van der Waals surface area contributed by atoms with Gasteiger partial charge >= 0.3 is 0 Å². The molecular weight excluding hydrogens is 188 g/mol. The van der Waals surface area contributed by atoms with Gasteiger partial charge in [-0.3, -0.25) is 4.79 Å². The van der Waals surface area contributed by atoms with Crippen LogP contribution in [0.15, 0.2) is 0 Å². The lowest BCUT2D eigenvalue weighted by atomic mass is 10.2. The van der Waals surface area contributed by atoms with Gasteiger partial charge in [0.1, 0.15) is 6.10 Å². The summed E-state index contributed by atoms with van der Waals surface area (Å²) in [5.41, 5.74) is 5.41. The van der Waals surface area contributed by atoms with Gasteiger partial charge in [-0.15, -0.1) is 0 Å². The molecule has 1 amide bonds. The van der Waals surface area contributed by atoms with Gasteiger partial charge in [-0.25, -0.2) is 0 Å². The van der Waals surface area contributed by atoms with E-state index in [0.29, 0.717) is 11.4 Å².